The molecule has 0 saturated carbocycles. The van der Waals surface area contributed by atoms with Crippen molar-refractivity contribution in [3.8, 4) is 0 Å². The van der Waals surface area contributed by atoms with E-state index in [4.69, 9.17) is 0 Å². The molecule has 0 fully saturated rings. The van der Waals surface area contributed by atoms with Crippen LogP contribution in [0.1, 0.15) is 36.7 Å². The molecule has 0 saturated heterocycles. The summed E-state index contributed by atoms with van der Waals surface area (Å²) in [5.41, 5.74) is -0.161. The molecule has 0 amide bonds. The maximum Gasteiger partial charge on any atom is 0.416 e. The first-order valence-corrected chi connectivity index (χ1v) is 9.01. The molecule has 3 rings (SSSR count). The lowest BCUT2D eigenvalue weighted by Crippen LogP contribution is -2.22. The molecule has 0 unspecified atom stereocenters. The molecule has 2 aromatic heterocycles. The van der Waals surface area contributed by atoms with E-state index in [9.17, 15) is 23.1 Å². The highest BCUT2D eigenvalue weighted by molar-refractivity contribution is 5.78. The van der Waals surface area contributed by atoms with Crippen molar-refractivity contribution < 1.29 is 18.3 Å². The number of anilines is 1. The minimum Gasteiger partial charge on any atom is -0.390 e. The molecule has 1 aromatic carbocycles. The van der Waals surface area contributed by atoms with Crippen LogP contribution < -0.4 is 10.5 Å². The van der Waals surface area contributed by atoms with Crippen molar-refractivity contribution in [2.75, 3.05) is 19.0 Å². The quantitative estimate of drug-likeness (QED) is 0.677. The van der Waals surface area contributed by atoms with Gasteiger partial charge in [0.25, 0.3) is 5.56 Å². The standard InChI is InChI=1S/C19H22F3N5O2/c1-10(2)15(11-5-7-12(8-6-11)19(20,21)22)27-16-14(13(9-28)25-27)17(29)24-18(23-16)26(3)4/h5-8,10,15,28H,9H2,1-4H3,(H,23,24,29)/t15-/m1/s1. The predicted molar refractivity (Wildman–Crippen MR) is 103 cm³/mol. The summed E-state index contributed by atoms with van der Waals surface area (Å²) >= 11 is 0. The maximum atomic E-state index is 12.9. The monoisotopic (exact) mass is 409 g/mol. The molecule has 7 nitrogen and oxygen atoms in total. The highest BCUT2D eigenvalue weighted by Crippen LogP contribution is 2.33. The van der Waals surface area contributed by atoms with E-state index >= 15 is 0 Å². The van der Waals surface area contributed by atoms with Gasteiger partial charge in [0.05, 0.1) is 18.2 Å². The number of H-pyrrole nitrogens is 1. The summed E-state index contributed by atoms with van der Waals surface area (Å²) in [4.78, 5) is 21.3. The van der Waals surface area contributed by atoms with Gasteiger partial charge in [-0.05, 0) is 23.6 Å². The molecule has 0 aliphatic carbocycles. The third kappa shape index (κ3) is 3.84. The lowest BCUT2D eigenvalue weighted by molar-refractivity contribution is -0.137. The van der Waals surface area contributed by atoms with Gasteiger partial charge >= 0.3 is 6.18 Å². The first-order valence-electron chi connectivity index (χ1n) is 9.01. The first-order chi connectivity index (χ1) is 13.5. The van der Waals surface area contributed by atoms with Gasteiger partial charge in [0.2, 0.25) is 5.95 Å². The fourth-order valence-corrected chi connectivity index (χ4v) is 3.30. The summed E-state index contributed by atoms with van der Waals surface area (Å²) in [6.45, 7) is 3.33. The topological polar surface area (TPSA) is 87.0 Å². The highest BCUT2D eigenvalue weighted by atomic mass is 19.4. The second-order valence-corrected chi connectivity index (χ2v) is 7.34. The molecule has 29 heavy (non-hydrogen) atoms. The van der Waals surface area contributed by atoms with Gasteiger partial charge in [-0.1, -0.05) is 26.0 Å². The molecular weight excluding hydrogens is 387 g/mol. The van der Waals surface area contributed by atoms with E-state index in [0.29, 0.717) is 11.5 Å². The highest BCUT2D eigenvalue weighted by Gasteiger charge is 2.31. The fraction of sp³-hybridized carbons (Fsp3) is 0.421. The molecule has 2 heterocycles. The van der Waals surface area contributed by atoms with E-state index in [2.05, 4.69) is 15.1 Å². The van der Waals surface area contributed by atoms with Crippen LogP contribution >= 0.6 is 0 Å². The molecule has 1 atom stereocenters. The third-order valence-electron chi connectivity index (χ3n) is 4.67. The van der Waals surface area contributed by atoms with Gasteiger partial charge in [-0.15, -0.1) is 0 Å². The molecule has 10 heteroatoms. The number of benzene rings is 1. The van der Waals surface area contributed by atoms with Gasteiger partial charge in [0, 0.05) is 14.1 Å². The summed E-state index contributed by atoms with van der Waals surface area (Å²) in [5.74, 6) is 0.230. The van der Waals surface area contributed by atoms with Gasteiger partial charge in [0.15, 0.2) is 5.65 Å². The summed E-state index contributed by atoms with van der Waals surface area (Å²) in [6, 6.07) is 4.37. The molecule has 0 radical (unpaired) electrons. The van der Waals surface area contributed by atoms with Crippen LogP contribution in [0.2, 0.25) is 0 Å². The number of rotatable bonds is 5. The van der Waals surface area contributed by atoms with Crippen LogP contribution in [0.5, 0.6) is 0 Å². The van der Waals surface area contributed by atoms with Crippen molar-refractivity contribution in [2.24, 2.45) is 5.92 Å². The minimum atomic E-state index is -4.43. The number of hydrogen-bond donors (Lipinski definition) is 2. The van der Waals surface area contributed by atoms with Gasteiger partial charge in [-0.25, -0.2) is 4.68 Å². The van der Waals surface area contributed by atoms with Gasteiger partial charge < -0.3 is 10.0 Å². The molecule has 2 N–H and O–H groups in total. The van der Waals surface area contributed by atoms with Crippen LogP contribution in [0.15, 0.2) is 29.1 Å². The van der Waals surface area contributed by atoms with Crippen molar-refractivity contribution in [2.45, 2.75) is 32.7 Å². The Morgan fingerprint density at radius 3 is 2.31 bits per heavy atom. The van der Waals surface area contributed by atoms with E-state index in [1.807, 2.05) is 13.8 Å². The van der Waals surface area contributed by atoms with Crippen LogP contribution in [-0.2, 0) is 12.8 Å². The van der Waals surface area contributed by atoms with Crippen LogP contribution in [0, 0.1) is 5.92 Å². The SMILES string of the molecule is CC(C)[C@H](c1ccc(C(F)(F)F)cc1)n1nc(CO)c2c(=O)[nH]c(N(C)C)nc21. The fourth-order valence-electron chi connectivity index (χ4n) is 3.30. The lowest BCUT2D eigenvalue weighted by Gasteiger charge is -2.23. The third-order valence-corrected chi connectivity index (χ3v) is 4.67. The van der Waals surface area contributed by atoms with Crippen LogP contribution in [0.3, 0.4) is 0 Å². The van der Waals surface area contributed by atoms with Crippen LogP contribution in [0.25, 0.3) is 11.0 Å². The zero-order chi connectivity index (χ0) is 21.5. The summed E-state index contributed by atoms with van der Waals surface area (Å²) in [7, 11) is 3.43. The molecule has 0 aliphatic rings. The van der Waals surface area contributed by atoms with E-state index in [-0.39, 0.29) is 22.6 Å². The Kier molecular flexibility index (Phi) is 5.40. The van der Waals surface area contributed by atoms with Crippen molar-refractivity contribution in [1.29, 1.82) is 0 Å². The Hall–Kier alpha value is -2.88. The van der Waals surface area contributed by atoms with Crippen LogP contribution in [-0.4, -0.2) is 39.0 Å². The average molecular weight is 409 g/mol. The normalized spacial score (nSPS) is 13.3. The summed E-state index contributed by atoms with van der Waals surface area (Å²) in [6.07, 6.45) is -4.43. The van der Waals surface area contributed by atoms with Crippen molar-refractivity contribution in [3.63, 3.8) is 0 Å². The van der Waals surface area contributed by atoms with Crippen LogP contribution in [0.4, 0.5) is 19.1 Å². The van der Waals surface area contributed by atoms with Gasteiger partial charge in [-0.2, -0.15) is 23.3 Å². The number of nitrogens with zero attached hydrogens (tertiary/aromatic N) is 4. The number of aliphatic hydroxyl groups is 1. The minimum absolute atomic E-state index is 0.0785. The maximum absolute atomic E-state index is 12.9. The molecular formula is C19H22F3N5O2. The van der Waals surface area contributed by atoms with E-state index < -0.39 is 29.9 Å². The molecule has 156 valence electrons. The lowest BCUT2D eigenvalue weighted by atomic mass is 9.95. The number of nitrogens with one attached hydrogen (secondary N) is 1. The Labute approximate surface area is 164 Å². The summed E-state index contributed by atoms with van der Waals surface area (Å²) < 4.78 is 40.3. The van der Waals surface area contributed by atoms with E-state index in [0.717, 1.165) is 12.1 Å². The molecule has 0 bridgehead atoms. The Balaban J connectivity index is 2.23. The Bertz CT molecular complexity index is 1070. The zero-order valence-corrected chi connectivity index (χ0v) is 16.4. The first kappa shape index (κ1) is 20.8. The Morgan fingerprint density at radius 1 is 1.21 bits per heavy atom. The molecule has 0 spiro atoms. The second kappa shape index (κ2) is 7.51. The van der Waals surface area contributed by atoms with E-state index in [1.54, 1.807) is 19.0 Å². The largest absolute Gasteiger partial charge is 0.416 e. The molecule has 3 aromatic rings. The number of aliphatic hydroxyl groups excluding tert-OH is 1. The van der Waals surface area contributed by atoms with Crippen molar-refractivity contribution >= 4 is 17.0 Å². The smallest absolute Gasteiger partial charge is 0.390 e. The average Bonchev–Trinajstić information content (AvgIpc) is 3.00. The predicted octanol–water partition coefficient (Wildman–Crippen LogP) is 2.94. The number of hydrogen-bond acceptors (Lipinski definition) is 5. The Morgan fingerprint density at radius 2 is 1.83 bits per heavy atom. The van der Waals surface area contributed by atoms with Crippen molar-refractivity contribution in [1.82, 2.24) is 19.7 Å². The van der Waals surface area contributed by atoms with Crippen molar-refractivity contribution in [3.05, 3.63) is 51.4 Å². The number of alkyl halides is 3. The number of aromatic nitrogens is 4. The second-order valence-electron chi connectivity index (χ2n) is 7.34. The number of aromatic amines is 1. The van der Waals surface area contributed by atoms with Gasteiger partial charge in [0.1, 0.15) is 11.1 Å². The van der Waals surface area contributed by atoms with Gasteiger partial charge in [-0.3, -0.25) is 9.78 Å². The summed E-state index contributed by atoms with van der Waals surface area (Å²) in [5, 5.41) is 14.2. The number of halogens is 3. The molecule has 0 aliphatic heterocycles. The zero-order valence-electron chi connectivity index (χ0n) is 16.4. The van der Waals surface area contributed by atoms with E-state index in [1.165, 1.54) is 16.8 Å². The number of fused-ring (bicyclic) bond motifs is 1.